The lowest BCUT2D eigenvalue weighted by Gasteiger charge is -2.31. The third-order valence-corrected chi connectivity index (χ3v) is 5.64. The van der Waals surface area contributed by atoms with Crippen molar-refractivity contribution in [1.29, 1.82) is 0 Å². The van der Waals surface area contributed by atoms with Crippen LogP contribution in [0.1, 0.15) is 19.4 Å². The van der Waals surface area contributed by atoms with Gasteiger partial charge in [-0.1, -0.05) is 30.3 Å². The molecule has 8 nitrogen and oxygen atoms in total. The van der Waals surface area contributed by atoms with Gasteiger partial charge in [-0.3, -0.25) is 0 Å². The van der Waals surface area contributed by atoms with Crippen LogP contribution in [0.4, 0.5) is 0 Å². The van der Waals surface area contributed by atoms with Crippen molar-refractivity contribution in [2.45, 2.75) is 56.9 Å². The Morgan fingerprint density at radius 2 is 1.56 bits per heavy atom. The third kappa shape index (κ3) is 8.85. The molecule has 1 aromatic rings. The van der Waals surface area contributed by atoms with Gasteiger partial charge in [-0.15, -0.1) is 23.2 Å². The molecule has 34 heavy (non-hydrogen) atoms. The molecule has 0 aliphatic carbocycles. The SMILES string of the molecule is CC1(C)O[C@H]2O[C@H]([C@@H](COCCOCCCl)OCCOCCCl)[C@H](OCc3ccccc3)[C@H]2O1. The Labute approximate surface area is 212 Å². The highest BCUT2D eigenvalue weighted by Crippen LogP contribution is 2.40. The highest BCUT2D eigenvalue weighted by molar-refractivity contribution is 6.18. The third-order valence-electron chi connectivity index (χ3n) is 5.34. The molecule has 1 aromatic carbocycles. The molecule has 2 aliphatic heterocycles. The number of alkyl halides is 2. The zero-order valence-corrected chi connectivity index (χ0v) is 21.4. The van der Waals surface area contributed by atoms with E-state index in [0.29, 0.717) is 64.6 Å². The van der Waals surface area contributed by atoms with Crippen LogP contribution in [0.2, 0.25) is 0 Å². The Bertz CT molecular complexity index is 680. The molecule has 0 saturated carbocycles. The van der Waals surface area contributed by atoms with E-state index in [2.05, 4.69) is 0 Å². The van der Waals surface area contributed by atoms with E-state index in [9.17, 15) is 0 Å². The Kier molecular flexibility index (Phi) is 12.3. The first-order valence-electron chi connectivity index (χ1n) is 11.7. The van der Waals surface area contributed by atoms with E-state index < -0.39 is 30.4 Å². The molecule has 5 atom stereocenters. The molecule has 194 valence electrons. The van der Waals surface area contributed by atoms with E-state index in [1.54, 1.807) is 0 Å². The van der Waals surface area contributed by atoms with Crippen molar-refractivity contribution < 1.29 is 37.9 Å². The molecule has 0 amide bonds. The number of hydrogen-bond acceptors (Lipinski definition) is 8. The zero-order valence-electron chi connectivity index (χ0n) is 19.9. The van der Waals surface area contributed by atoms with Crippen molar-refractivity contribution in [2.75, 3.05) is 58.0 Å². The highest BCUT2D eigenvalue weighted by atomic mass is 35.5. The number of hydrogen-bond donors (Lipinski definition) is 0. The molecule has 0 spiro atoms. The van der Waals surface area contributed by atoms with Crippen LogP contribution < -0.4 is 0 Å². The summed E-state index contributed by atoms with van der Waals surface area (Å²) in [4.78, 5) is 0. The van der Waals surface area contributed by atoms with Gasteiger partial charge in [0.15, 0.2) is 12.1 Å². The predicted octanol–water partition coefficient (Wildman–Crippen LogP) is 3.36. The summed E-state index contributed by atoms with van der Waals surface area (Å²) in [6.45, 7) is 7.02. The number of halogens is 2. The first-order valence-corrected chi connectivity index (χ1v) is 12.7. The molecule has 2 aliphatic rings. The van der Waals surface area contributed by atoms with E-state index >= 15 is 0 Å². The summed E-state index contributed by atoms with van der Waals surface area (Å²) in [7, 11) is 0. The maximum absolute atomic E-state index is 6.34. The molecule has 2 saturated heterocycles. The minimum absolute atomic E-state index is 0.290. The highest BCUT2D eigenvalue weighted by Gasteiger charge is 2.57. The quantitative estimate of drug-likeness (QED) is 0.228. The van der Waals surface area contributed by atoms with Crippen LogP contribution in [0.15, 0.2) is 30.3 Å². The van der Waals surface area contributed by atoms with Crippen molar-refractivity contribution in [3.05, 3.63) is 35.9 Å². The van der Waals surface area contributed by atoms with Crippen molar-refractivity contribution in [2.24, 2.45) is 0 Å². The normalized spacial score (nSPS) is 26.6. The monoisotopic (exact) mass is 522 g/mol. The van der Waals surface area contributed by atoms with E-state index in [1.807, 2.05) is 44.2 Å². The largest absolute Gasteiger partial charge is 0.378 e. The second kappa shape index (κ2) is 14.9. The summed E-state index contributed by atoms with van der Waals surface area (Å²) in [5.41, 5.74) is 1.06. The average Bonchev–Trinajstić information content (AvgIpc) is 3.30. The number of benzene rings is 1. The molecule has 0 N–H and O–H groups in total. The van der Waals surface area contributed by atoms with E-state index in [0.717, 1.165) is 5.56 Å². The second-order valence-corrected chi connectivity index (χ2v) is 9.17. The molecular formula is C24H36Cl2O8. The van der Waals surface area contributed by atoms with Crippen LogP contribution in [-0.2, 0) is 44.5 Å². The fourth-order valence-electron chi connectivity index (χ4n) is 3.89. The summed E-state index contributed by atoms with van der Waals surface area (Å²) in [6, 6.07) is 9.97. The number of fused-ring (bicyclic) bond motifs is 1. The van der Waals surface area contributed by atoms with Crippen molar-refractivity contribution in [1.82, 2.24) is 0 Å². The van der Waals surface area contributed by atoms with Gasteiger partial charge in [0, 0.05) is 11.8 Å². The lowest BCUT2D eigenvalue weighted by molar-refractivity contribution is -0.238. The van der Waals surface area contributed by atoms with Gasteiger partial charge in [-0.05, 0) is 19.4 Å². The predicted molar refractivity (Wildman–Crippen MR) is 127 cm³/mol. The summed E-state index contributed by atoms with van der Waals surface area (Å²) in [6.07, 6.45) is -2.21. The van der Waals surface area contributed by atoms with Gasteiger partial charge >= 0.3 is 0 Å². The lowest BCUT2D eigenvalue weighted by Crippen LogP contribution is -2.46. The Morgan fingerprint density at radius 1 is 0.882 bits per heavy atom. The van der Waals surface area contributed by atoms with Crippen LogP contribution in [0.5, 0.6) is 0 Å². The van der Waals surface area contributed by atoms with Crippen molar-refractivity contribution in [3.63, 3.8) is 0 Å². The topological polar surface area (TPSA) is 73.8 Å². The Balaban J connectivity index is 1.63. The molecule has 0 bridgehead atoms. The standard InChI is InChI=1S/C24H36Cl2O8/c1-24(2)33-22-21(31-16-18-6-4-3-5-7-18)20(32-23(22)34-24)19(30-15-14-28-11-9-26)17-29-13-12-27-10-8-25/h3-7,19-23H,8-17H2,1-2H3/t19-,20-,21+,22-,23-/m1/s1. The lowest BCUT2D eigenvalue weighted by atomic mass is 10.1. The minimum Gasteiger partial charge on any atom is -0.378 e. The van der Waals surface area contributed by atoms with E-state index in [4.69, 9.17) is 61.1 Å². The Morgan fingerprint density at radius 3 is 2.26 bits per heavy atom. The first kappa shape index (κ1) is 28.1. The van der Waals surface area contributed by atoms with Gasteiger partial charge in [0.1, 0.15) is 24.4 Å². The minimum atomic E-state index is -0.753. The fourth-order valence-corrected chi connectivity index (χ4v) is 4.10. The summed E-state index contributed by atoms with van der Waals surface area (Å²) >= 11 is 11.3. The zero-order chi connectivity index (χ0) is 24.2. The van der Waals surface area contributed by atoms with Crippen LogP contribution in [0, 0.1) is 0 Å². The fraction of sp³-hybridized carbons (Fsp3) is 0.750. The number of rotatable bonds is 17. The van der Waals surface area contributed by atoms with Gasteiger partial charge in [0.25, 0.3) is 0 Å². The first-order chi connectivity index (χ1) is 16.5. The summed E-state index contributed by atoms with van der Waals surface area (Å²) < 4.78 is 47.5. The molecule has 0 radical (unpaired) electrons. The van der Waals surface area contributed by atoms with Crippen molar-refractivity contribution >= 4 is 23.2 Å². The molecule has 2 fully saturated rings. The maximum atomic E-state index is 6.34. The molecule has 0 unspecified atom stereocenters. The summed E-state index contributed by atoms with van der Waals surface area (Å²) in [5.74, 6) is 0.129. The van der Waals surface area contributed by atoms with Crippen molar-refractivity contribution in [3.8, 4) is 0 Å². The maximum Gasteiger partial charge on any atom is 0.190 e. The van der Waals surface area contributed by atoms with E-state index in [-0.39, 0.29) is 6.10 Å². The second-order valence-electron chi connectivity index (χ2n) is 8.42. The van der Waals surface area contributed by atoms with Crippen LogP contribution in [0.25, 0.3) is 0 Å². The van der Waals surface area contributed by atoms with Crippen LogP contribution >= 0.6 is 23.2 Å². The van der Waals surface area contributed by atoms with Gasteiger partial charge in [0.05, 0.1) is 52.9 Å². The van der Waals surface area contributed by atoms with Gasteiger partial charge in [0.2, 0.25) is 0 Å². The Hall–Kier alpha value is -0.520. The summed E-state index contributed by atoms with van der Waals surface area (Å²) in [5, 5.41) is 0. The van der Waals surface area contributed by atoms with Gasteiger partial charge in [-0.2, -0.15) is 0 Å². The molecule has 0 aromatic heterocycles. The smallest absolute Gasteiger partial charge is 0.190 e. The number of ether oxygens (including phenoxy) is 8. The molecule has 3 rings (SSSR count). The van der Waals surface area contributed by atoms with Crippen LogP contribution in [-0.4, -0.2) is 94.5 Å². The molecular weight excluding hydrogens is 487 g/mol. The van der Waals surface area contributed by atoms with Gasteiger partial charge in [-0.25, -0.2) is 0 Å². The average molecular weight is 523 g/mol. The van der Waals surface area contributed by atoms with Crippen LogP contribution in [0.3, 0.4) is 0 Å². The van der Waals surface area contributed by atoms with Gasteiger partial charge < -0.3 is 37.9 Å². The molecule has 2 heterocycles. The van der Waals surface area contributed by atoms with E-state index in [1.165, 1.54) is 0 Å². The molecule has 10 heteroatoms.